The summed E-state index contributed by atoms with van der Waals surface area (Å²) >= 11 is 0. The molecule has 0 heterocycles. The smallest absolute Gasteiger partial charge is 0.130 e. The minimum Gasteiger partial charge on any atom is -0.300 e. The fraction of sp³-hybridized carbons (Fsp3) is 0.462. The molecule has 0 aromatic heterocycles. The van der Waals surface area contributed by atoms with Crippen LogP contribution in [0, 0.1) is 0 Å². The average molecular weight is 194 g/mol. The van der Waals surface area contributed by atoms with Crippen molar-refractivity contribution in [3.8, 4) is 0 Å². The Balaban J connectivity index is 0. The molecule has 0 fully saturated rings. The van der Waals surface area contributed by atoms with Gasteiger partial charge in [-0.25, -0.2) is 0 Å². The first-order valence-electron chi connectivity index (χ1n) is 5.14. The zero-order chi connectivity index (χ0) is 11.4. The first kappa shape index (κ1) is 15.4. The highest BCUT2D eigenvalue weighted by Crippen LogP contribution is 2.07. The summed E-state index contributed by atoms with van der Waals surface area (Å²) in [6.07, 6.45) is 9.08. The van der Waals surface area contributed by atoms with Crippen molar-refractivity contribution in [3.63, 3.8) is 0 Å². The number of allylic oxidation sites excluding steroid dienone is 5. The second-order valence-electron chi connectivity index (χ2n) is 2.68. The SMILES string of the molecule is C=C/C=C(\C=C/C)CCC(C)=O.CC. The van der Waals surface area contributed by atoms with Crippen LogP contribution in [0.25, 0.3) is 0 Å². The molecule has 0 saturated carbocycles. The van der Waals surface area contributed by atoms with Crippen molar-refractivity contribution < 1.29 is 4.79 Å². The van der Waals surface area contributed by atoms with E-state index in [1.165, 1.54) is 0 Å². The van der Waals surface area contributed by atoms with E-state index in [9.17, 15) is 4.79 Å². The summed E-state index contributed by atoms with van der Waals surface area (Å²) in [5, 5.41) is 0. The summed E-state index contributed by atoms with van der Waals surface area (Å²) in [6, 6.07) is 0. The fourth-order valence-electron chi connectivity index (χ4n) is 0.908. The van der Waals surface area contributed by atoms with Crippen molar-refractivity contribution >= 4 is 5.78 Å². The molecular formula is C13H22O. The normalized spacial score (nSPS) is 10.7. The van der Waals surface area contributed by atoms with Crippen molar-refractivity contribution in [1.29, 1.82) is 0 Å². The van der Waals surface area contributed by atoms with Gasteiger partial charge < -0.3 is 4.79 Å². The zero-order valence-corrected chi connectivity index (χ0v) is 9.84. The molecule has 14 heavy (non-hydrogen) atoms. The Kier molecular flexibility index (Phi) is 13.1. The highest BCUT2D eigenvalue weighted by atomic mass is 16.1. The van der Waals surface area contributed by atoms with Gasteiger partial charge in [-0.1, -0.05) is 44.7 Å². The second-order valence-corrected chi connectivity index (χ2v) is 2.68. The summed E-state index contributed by atoms with van der Waals surface area (Å²) in [5.41, 5.74) is 1.16. The van der Waals surface area contributed by atoms with Crippen molar-refractivity contribution in [3.05, 3.63) is 36.5 Å². The van der Waals surface area contributed by atoms with E-state index in [0.29, 0.717) is 6.42 Å². The molecule has 0 radical (unpaired) electrons. The number of carbonyl (C=O) groups is 1. The Labute approximate surface area is 88.2 Å². The highest BCUT2D eigenvalue weighted by Gasteiger charge is 1.95. The predicted octanol–water partition coefficient (Wildman–Crippen LogP) is 4.07. The molecule has 0 saturated heterocycles. The molecule has 0 atom stereocenters. The molecule has 1 nitrogen and oxygen atoms in total. The first-order valence-corrected chi connectivity index (χ1v) is 5.14. The minimum atomic E-state index is 0.231. The van der Waals surface area contributed by atoms with Crippen molar-refractivity contribution in [2.45, 2.75) is 40.5 Å². The molecule has 0 aliphatic heterocycles. The van der Waals surface area contributed by atoms with Crippen LogP contribution in [0.3, 0.4) is 0 Å². The van der Waals surface area contributed by atoms with Crippen molar-refractivity contribution in [1.82, 2.24) is 0 Å². The lowest BCUT2D eigenvalue weighted by atomic mass is 10.1. The topological polar surface area (TPSA) is 17.1 Å². The van der Waals surface area contributed by atoms with Crippen molar-refractivity contribution in [2.75, 3.05) is 0 Å². The summed E-state index contributed by atoms with van der Waals surface area (Å²) in [4.78, 5) is 10.7. The van der Waals surface area contributed by atoms with Gasteiger partial charge in [0, 0.05) is 6.42 Å². The lowest BCUT2D eigenvalue weighted by Gasteiger charge is -1.97. The predicted molar refractivity (Wildman–Crippen MR) is 64.4 cm³/mol. The van der Waals surface area contributed by atoms with Crippen LogP contribution in [0.1, 0.15) is 40.5 Å². The standard InChI is InChI=1S/C11H16O.C2H6/c1-4-6-11(7-5-2)9-8-10(3)12;1-2/h4-7H,1,8-9H2,2-3H3;1-2H3/b7-5-,11-6+;. The summed E-state index contributed by atoms with van der Waals surface area (Å²) in [7, 11) is 0. The number of Topliss-reactive ketones (excluding diaryl/α,β-unsaturated/α-hetero) is 1. The fourth-order valence-corrected chi connectivity index (χ4v) is 0.908. The molecule has 0 unspecified atom stereocenters. The molecule has 0 rings (SSSR count). The number of ketones is 1. The molecule has 0 spiro atoms. The van der Waals surface area contributed by atoms with Crippen LogP contribution in [0.2, 0.25) is 0 Å². The van der Waals surface area contributed by atoms with E-state index in [2.05, 4.69) is 6.58 Å². The Morgan fingerprint density at radius 1 is 1.29 bits per heavy atom. The van der Waals surface area contributed by atoms with Gasteiger partial charge in [-0.15, -0.1) is 0 Å². The Hall–Kier alpha value is -1.11. The number of hydrogen-bond acceptors (Lipinski definition) is 1. The van der Waals surface area contributed by atoms with Gasteiger partial charge in [0.2, 0.25) is 0 Å². The molecule has 0 amide bonds. The monoisotopic (exact) mass is 194 g/mol. The van der Waals surface area contributed by atoms with Crippen LogP contribution >= 0.6 is 0 Å². The van der Waals surface area contributed by atoms with Crippen LogP contribution in [0.15, 0.2) is 36.5 Å². The summed E-state index contributed by atoms with van der Waals surface area (Å²) in [5.74, 6) is 0.231. The van der Waals surface area contributed by atoms with Crippen LogP contribution in [0.5, 0.6) is 0 Å². The van der Waals surface area contributed by atoms with Crippen LogP contribution in [0.4, 0.5) is 0 Å². The van der Waals surface area contributed by atoms with Gasteiger partial charge in [0.15, 0.2) is 0 Å². The van der Waals surface area contributed by atoms with E-state index in [1.807, 2.05) is 39.0 Å². The van der Waals surface area contributed by atoms with E-state index in [0.717, 1.165) is 12.0 Å². The number of carbonyl (C=O) groups excluding carboxylic acids is 1. The van der Waals surface area contributed by atoms with Crippen LogP contribution < -0.4 is 0 Å². The first-order chi connectivity index (χ1) is 6.70. The lowest BCUT2D eigenvalue weighted by Crippen LogP contribution is -1.90. The van der Waals surface area contributed by atoms with E-state index in [1.54, 1.807) is 13.0 Å². The molecule has 0 aliphatic carbocycles. The van der Waals surface area contributed by atoms with Crippen LogP contribution in [-0.2, 0) is 4.79 Å². The molecule has 0 N–H and O–H groups in total. The largest absolute Gasteiger partial charge is 0.300 e. The third-order valence-corrected chi connectivity index (χ3v) is 1.48. The number of hydrogen-bond donors (Lipinski definition) is 0. The molecule has 0 aromatic rings. The maximum absolute atomic E-state index is 10.7. The highest BCUT2D eigenvalue weighted by molar-refractivity contribution is 5.75. The second kappa shape index (κ2) is 11.9. The third kappa shape index (κ3) is 10.9. The molecule has 1 heteroatoms. The zero-order valence-electron chi connectivity index (χ0n) is 9.84. The van der Waals surface area contributed by atoms with E-state index in [4.69, 9.17) is 0 Å². The average Bonchev–Trinajstić information content (AvgIpc) is 2.18. The summed E-state index contributed by atoms with van der Waals surface area (Å²) < 4.78 is 0. The molecule has 0 aliphatic rings. The number of rotatable bonds is 5. The molecule has 0 aromatic carbocycles. The van der Waals surface area contributed by atoms with Gasteiger partial charge in [0.05, 0.1) is 0 Å². The minimum absolute atomic E-state index is 0.231. The third-order valence-electron chi connectivity index (χ3n) is 1.48. The van der Waals surface area contributed by atoms with Gasteiger partial charge >= 0.3 is 0 Å². The van der Waals surface area contributed by atoms with E-state index in [-0.39, 0.29) is 5.78 Å². The molecule has 80 valence electrons. The maximum Gasteiger partial charge on any atom is 0.130 e. The Morgan fingerprint density at radius 2 is 1.86 bits per heavy atom. The Bertz CT molecular complexity index is 209. The molecular weight excluding hydrogens is 172 g/mol. The maximum atomic E-state index is 10.7. The van der Waals surface area contributed by atoms with Crippen LogP contribution in [-0.4, -0.2) is 5.78 Å². The van der Waals surface area contributed by atoms with Gasteiger partial charge in [0.1, 0.15) is 5.78 Å². The Morgan fingerprint density at radius 3 is 2.21 bits per heavy atom. The van der Waals surface area contributed by atoms with Gasteiger partial charge in [-0.05, 0) is 25.8 Å². The lowest BCUT2D eigenvalue weighted by molar-refractivity contribution is -0.116. The molecule has 0 bridgehead atoms. The quantitative estimate of drug-likeness (QED) is 0.603. The van der Waals surface area contributed by atoms with Gasteiger partial charge in [-0.2, -0.15) is 0 Å². The summed E-state index contributed by atoms with van der Waals surface area (Å²) in [6.45, 7) is 11.2. The van der Waals surface area contributed by atoms with E-state index >= 15 is 0 Å². The van der Waals surface area contributed by atoms with Gasteiger partial charge in [-0.3, -0.25) is 0 Å². The van der Waals surface area contributed by atoms with Gasteiger partial charge in [0.25, 0.3) is 0 Å². The van der Waals surface area contributed by atoms with E-state index < -0.39 is 0 Å². The van der Waals surface area contributed by atoms with Crippen molar-refractivity contribution in [2.24, 2.45) is 0 Å².